The molecule has 0 saturated carbocycles. The van der Waals surface area contributed by atoms with Gasteiger partial charge in [-0.05, 0) is 18.1 Å². The van der Waals surface area contributed by atoms with Crippen molar-refractivity contribution in [3.8, 4) is 11.1 Å². The van der Waals surface area contributed by atoms with Gasteiger partial charge in [-0.1, -0.05) is 18.2 Å². The molecule has 20 heavy (non-hydrogen) atoms. The number of aryl methyl sites for hydroxylation is 1. The van der Waals surface area contributed by atoms with Crippen LogP contribution < -0.4 is 0 Å². The van der Waals surface area contributed by atoms with E-state index < -0.39 is 11.7 Å². The Morgan fingerprint density at radius 1 is 1.05 bits per heavy atom. The fourth-order valence-electron chi connectivity index (χ4n) is 2.59. The van der Waals surface area contributed by atoms with Crippen molar-refractivity contribution in [2.45, 2.75) is 25.4 Å². The molecule has 2 nitrogen and oxygen atoms in total. The molecule has 1 heterocycles. The zero-order chi connectivity index (χ0) is 14.3. The van der Waals surface area contributed by atoms with E-state index in [4.69, 9.17) is 4.42 Å². The number of benzene rings is 1. The molecule has 0 unspecified atom stereocenters. The molecule has 1 aromatic heterocycles. The third-order valence-electron chi connectivity index (χ3n) is 3.48. The molecule has 0 aliphatic heterocycles. The summed E-state index contributed by atoms with van der Waals surface area (Å²) < 4.78 is 44.5. The van der Waals surface area contributed by atoms with E-state index in [9.17, 15) is 18.0 Å². The Hall–Kier alpha value is -2.04. The van der Waals surface area contributed by atoms with Gasteiger partial charge in [0.1, 0.15) is 5.76 Å². The number of alkyl halides is 3. The second-order valence-electron chi connectivity index (χ2n) is 4.77. The molecule has 0 radical (unpaired) electrons. The second kappa shape index (κ2) is 4.51. The first-order valence-electron chi connectivity index (χ1n) is 6.28. The summed E-state index contributed by atoms with van der Waals surface area (Å²) in [5.74, 6) is 0.347. The lowest BCUT2D eigenvalue weighted by Gasteiger charge is -2.14. The van der Waals surface area contributed by atoms with Crippen molar-refractivity contribution in [2.24, 2.45) is 0 Å². The number of hydrogen-bond acceptors (Lipinski definition) is 2. The Balaban J connectivity index is 2.21. The maximum atomic E-state index is 13.1. The number of carbonyl (C=O) groups is 1. The SMILES string of the molecule is O=C1CCCc2occ(-c3ccccc3C(F)(F)F)c21. The van der Waals surface area contributed by atoms with Crippen LogP contribution in [0.5, 0.6) is 0 Å². The normalized spacial score (nSPS) is 15.2. The lowest BCUT2D eigenvalue weighted by molar-refractivity contribution is -0.137. The van der Waals surface area contributed by atoms with Gasteiger partial charge in [0.2, 0.25) is 0 Å². The molecule has 1 aromatic carbocycles. The second-order valence-corrected chi connectivity index (χ2v) is 4.77. The van der Waals surface area contributed by atoms with Gasteiger partial charge in [-0.2, -0.15) is 13.2 Å². The van der Waals surface area contributed by atoms with Gasteiger partial charge in [-0.15, -0.1) is 0 Å². The number of ketones is 1. The molecule has 5 heteroatoms. The fourth-order valence-corrected chi connectivity index (χ4v) is 2.59. The number of carbonyl (C=O) groups excluding carboxylic acids is 1. The third-order valence-corrected chi connectivity index (χ3v) is 3.48. The highest BCUT2D eigenvalue weighted by Gasteiger charge is 2.35. The van der Waals surface area contributed by atoms with Crippen LogP contribution >= 0.6 is 0 Å². The molecule has 0 bridgehead atoms. The monoisotopic (exact) mass is 280 g/mol. The quantitative estimate of drug-likeness (QED) is 0.770. The van der Waals surface area contributed by atoms with Crippen molar-refractivity contribution < 1.29 is 22.4 Å². The summed E-state index contributed by atoms with van der Waals surface area (Å²) in [6.07, 6.45) is -1.57. The van der Waals surface area contributed by atoms with E-state index in [1.807, 2.05) is 0 Å². The maximum absolute atomic E-state index is 13.1. The van der Waals surface area contributed by atoms with Gasteiger partial charge in [0.05, 0.1) is 17.4 Å². The lowest BCUT2D eigenvalue weighted by Crippen LogP contribution is -2.11. The van der Waals surface area contributed by atoms with Crippen LogP contribution in [0.15, 0.2) is 34.9 Å². The molecule has 2 aromatic rings. The van der Waals surface area contributed by atoms with Gasteiger partial charge < -0.3 is 4.42 Å². The summed E-state index contributed by atoms with van der Waals surface area (Å²) >= 11 is 0. The molecule has 0 saturated heterocycles. The predicted octanol–water partition coefficient (Wildman–Crippen LogP) is 4.48. The fraction of sp³-hybridized carbons (Fsp3) is 0.267. The third kappa shape index (κ3) is 2.03. The smallest absolute Gasteiger partial charge is 0.417 e. The van der Waals surface area contributed by atoms with Crippen molar-refractivity contribution in [1.29, 1.82) is 0 Å². The van der Waals surface area contributed by atoms with Crippen LogP contribution in [0.3, 0.4) is 0 Å². The molecule has 0 atom stereocenters. The number of hydrogen-bond donors (Lipinski definition) is 0. The zero-order valence-electron chi connectivity index (χ0n) is 10.5. The zero-order valence-corrected chi connectivity index (χ0v) is 10.5. The molecule has 104 valence electrons. The van der Waals surface area contributed by atoms with Crippen molar-refractivity contribution in [1.82, 2.24) is 0 Å². The van der Waals surface area contributed by atoms with Crippen molar-refractivity contribution in [2.75, 3.05) is 0 Å². The molecule has 1 aliphatic carbocycles. The molecule has 3 rings (SSSR count). The maximum Gasteiger partial charge on any atom is 0.417 e. The summed E-state index contributed by atoms with van der Waals surface area (Å²) in [6.45, 7) is 0. The van der Waals surface area contributed by atoms with Gasteiger partial charge in [0.15, 0.2) is 5.78 Å². The van der Waals surface area contributed by atoms with Crippen LogP contribution in [0.4, 0.5) is 13.2 Å². The van der Waals surface area contributed by atoms with Crippen molar-refractivity contribution >= 4 is 5.78 Å². The van der Waals surface area contributed by atoms with Gasteiger partial charge in [0.25, 0.3) is 0 Å². The number of fused-ring (bicyclic) bond motifs is 1. The summed E-state index contributed by atoms with van der Waals surface area (Å²) in [6, 6.07) is 5.25. The summed E-state index contributed by atoms with van der Waals surface area (Å²) in [5.41, 5.74) is -0.187. The number of Topliss-reactive ketones (excluding diaryl/α,β-unsaturated/α-hetero) is 1. The predicted molar refractivity (Wildman–Crippen MR) is 66.4 cm³/mol. The van der Waals surface area contributed by atoms with Gasteiger partial charge in [0, 0.05) is 18.4 Å². The van der Waals surface area contributed by atoms with Crippen molar-refractivity contribution in [3.05, 3.63) is 47.4 Å². The van der Waals surface area contributed by atoms with Crippen LogP contribution in [0.1, 0.15) is 34.5 Å². The van der Waals surface area contributed by atoms with Crippen LogP contribution in [0.2, 0.25) is 0 Å². The lowest BCUT2D eigenvalue weighted by atomic mass is 9.90. The standard InChI is InChI=1S/C15H11F3O2/c16-15(17,18)11-5-2-1-4-9(11)10-8-20-13-7-3-6-12(19)14(10)13/h1-2,4-5,8H,3,6-7H2. The molecular weight excluding hydrogens is 269 g/mol. The summed E-state index contributed by atoms with van der Waals surface area (Å²) in [5, 5.41) is 0. The van der Waals surface area contributed by atoms with Crippen LogP contribution in [0.25, 0.3) is 11.1 Å². The van der Waals surface area contributed by atoms with E-state index in [0.717, 1.165) is 6.07 Å². The van der Waals surface area contributed by atoms with E-state index in [2.05, 4.69) is 0 Å². The van der Waals surface area contributed by atoms with E-state index in [1.54, 1.807) is 0 Å². The molecule has 0 N–H and O–H groups in total. The average molecular weight is 280 g/mol. The minimum absolute atomic E-state index is 0.000231. The Labute approximate surface area is 113 Å². The van der Waals surface area contributed by atoms with Crippen LogP contribution in [-0.2, 0) is 12.6 Å². The minimum atomic E-state index is -4.46. The van der Waals surface area contributed by atoms with Crippen LogP contribution in [0, 0.1) is 0 Å². The van der Waals surface area contributed by atoms with E-state index in [0.29, 0.717) is 30.6 Å². The van der Waals surface area contributed by atoms with E-state index in [-0.39, 0.29) is 16.9 Å². The highest BCUT2D eigenvalue weighted by molar-refractivity contribution is 6.04. The molecule has 0 fully saturated rings. The highest BCUT2D eigenvalue weighted by atomic mass is 19.4. The van der Waals surface area contributed by atoms with E-state index >= 15 is 0 Å². The van der Waals surface area contributed by atoms with E-state index in [1.165, 1.54) is 24.5 Å². The summed E-state index contributed by atoms with van der Waals surface area (Å²) in [7, 11) is 0. The average Bonchev–Trinajstić information content (AvgIpc) is 2.83. The molecule has 0 amide bonds. The first kappa shape index (κ1) is 13.0. The van der Waals surface area contributed by atoms with Crippen LogP contribution in [-0.4, -0.2) is 5.78 Å². The Morgan fingerprint density at radius 3 is 2.55 bits per heavy atom. The summed E-state index contributed by atoms with van der Waals surface area (Å²) in [4.78, 5) is 12.0. The topological polar surface area (TPSA) is 30.2 Å². The molecule has 1 aliphatic rings. The number of furan rings is 1. The Bertz CT molecular complexity index is 668. The number of rotatable bonds is 1. The van der Waals surface area contributed by atoms with Gasteiger partial charge in [-0.25, -0.2) is 0 Å². The number of halogens is 3. The Kier molecular flexibility index (Phi) is 2.92. The van der Waals surface area contributed by atoms with Crippen molar-refractivity contribution in [3.63, 3.8) is 0 Å². The van der Waals surface area contributed by atoms with Gasteiger partial charge in [-0.3, -0.25) is 4.79 Å². The van der Waals surface area contributed by atoms with Gasteiger partial charge >= 0.3 is 6.18 Å². The molecular formula is C15H11F3O2. The first-order valence-corrected chi connectivity index (χ1v) is 6.28. The molecule has 0 spiro atoms. The Morgan fingerprint density at radius 2 is 1.80 bits per heavy atom. The minimum Gasteiger partial charge on any atom is -0.468 e. The first-order chi connectivity index (χ1) is 9.48. The largest absolute Gasteiger partial charge is 0.468 e. The highest BCUT2D eigenvalue weighted by Crippen LogP contribution is 2.40.